The summed E-state index contributed by atoms with van der Waals surface area (Å²) in [6, 6.07) is 20.8. The van der Waals surface area contributed by atoms with Gasteiger partial charge in [0, 0.05) is 25.6 Å². The predicted molar refractivity (Wildman–Crippen MR) is 92.8 cm³/mol. The van der Waals surface area contributed by atoms with Gasteiger partial charge in [-0.15, -0.1) is 0 Å². The van der Waals surface area contributed by atoms with Crippen LogP contribution in [0.1, 0.15) is 30.4 Å². The molecule has 1 unspecified atom stereocenters. The van der Waals surface area contributed by atoms with Crippen LogP contribution in [0.2, 0.25) is 0 Å². The molecule has 120 valence electrons. The van der Waals surface area contributed by atoms with Gasteiger partial charge in [-0.1, -0.05) is 60.7 Å². The first kappa shape index (κ1) is 15.8. The number of nitrogens with one attached hydrogen (secondary N) is 1. The highest BCUT2D eigenvalue weighted by Gasteiger charge is 2.22. The van der Waals surface area contributed by atoms with E-state index in [1.165, 1.54) is 17.5 Å². The van der Waals surface area contributed by atoms with Crippen molar-refractivity contribution in [3.63, 3.8) is 0 Å². The van der Waals surface area contributed by atoms with Crippen LogP contribution in [0.4, 0.5) is 0 Å². The van der Waals surface area contributed by atoms with Gasteiger partial charge in [-0.25, -0.2) is 0 Å². The van der Waals surface area contributed by atoms with Gasteiger partial charge in [0.05, 0.1) is 0 Å². The van der Waals surface area contributed by atoms with Gasteiger partial charge in [0.2, 0.25) is 5.91 Å². The van der Waals surface area contributed by atoms with Crippen molar-refractivity contribution in [3.8, 4) is 0 Å². The van der Waals surface area contributed by atoms with Crippen molar-refractivity contribution in [3.05, 3.63) is 71.8 Å². The Kier molecular flexibility index (Phi) is 5.43. The van der Waals surface area contributed by atoms with Gasteiger partial charge in [-0.2, -0.15) is 0 Å². The third-order valence-electron chi connectivity index (χ3n) is 4.37. The molecule has 2 aromatic rings. The summed E-state index contributed by atoms with van der Waals surface area (Å²) in [6.07, 6.45) is 2.88. The lowest BCUT2D eigenvalue weighted by atomic mass is 10.1. The Labute approximate surface area is 138 Å². The molecule has 23 heavy (non-hydrogen) atoms. The second-order valence-electron chi connectivity index (χ2n) is 6.22. The maximum atomic E-state index is 12.8. The normalized spacial score (nSPS) is 17.1. The Morgan fingerprint density at radius 1 is 0.957 bits per heavy atom. The molecule has 1 aliphatic rings. The smallest absolute Gasteiger partial charge is 0.224 e. The molecule has 1 saturated heterocycles. The Hall–Kier alpha value is -2.13. The number of hydrogen-bond donors (Lipinski definition) is 1. The highest BCUT2D eigenvalue weighted by atomic mass is 16.2. The monoisotopic (exact) mass is 308 g/mol. The molecule has 0 radical (unpaired) electrons. The summed E-state index contributed by atoms with van der Waals surface area (Å²) >= 11 is 0. The topological polar surface area (TPSA) is 32.3 Å². The van der Waals surface area contributed by atoms with E-state index in [1.807, 2.05) is 41.3 Å². The van der Waals surface area contributed by atoms with Crippen LogP contribution in [0.3, 0.4) is 0 Å². The van der Waals surface area contributed by atoms with Gasteiger partial charge in [0.1, 0.15) is 0 Å². The molecule has 3 heteroatoms. The Bertz CT molecular complexity index is 565. The van der Waals surface area contributed by atoms with Crippen LogP contribution in [-0.4, -0.2) is 23.4 Å². The molecule has 3 rings (SSSR count). The van der Waals surface area contributed by atoms with Gasteiger partial charge >= 0.3 is 0 Å². The van der Waals surface area contributed by atoms with Crippen LogP contribution in [0.15, 0.2) is 60.7 Å². The van der Waals surface area contributed by atoms with E-state index >= 15 is 0 Å². The molecule has 1 atom stereocenters. The standard InChI is InChI=1S/C20H24N2O/c23-20(14-19-12-7-13-21-19)22(15-17-8-3-1-4-9-17)16-18-10-5-2-6-11-18/h1-6,8-11,19,21H,7,12-16H2. The molecule has 1 amide bonds. The summed E-state index contributed by atoms with van der Waals surface area (Å²) in [5.74, 6) is 0.233. The average Bonchev–Trinajstić information content (AvgIpc) is 3.09. The third-order valence-corrected chi connectivity index (χ3v) is 4.37. The zero-order chi connectivity index (χ0) is 15.9. The van der Waals surface area contributed by atoms with Crippen LogP contribution >= 0.6 is 0 Å². The quantitative estimate of drug-likeness (QED) is 0.887. The Morgan fingerprint density at radius 2 is 1.52 bits per heavy atom. The zero-order valence-electron chi connectivity index (χ0n) is 13.4. The molecule has 2 aromatic carbocycles. The highest BCUT2D eigenvalue weighted by molar-refractivity contribution is 5.77. The van der Waals surface area contributed by atoms with Gasteiger partial charge in [-0.05, 0) is 30.5 Å². The molecule has 3 nitrogen and oxygen atoms in total. The summed E-state index contributed by atoms with van der Waals surface area (Å²) < 4.78 is 0. The minimum Gasteiger partial charge on any atom is -0.334 e. The van der Waals surface area contributed by atoms with E-state index in [4.69, 9.17) is 0 Å². The summed E-state index contributed by atoms with van der Waals surface area (Å²) in [5, 5.41) is 3.42. The molecule has 0 aromatic heterocycles. The number of amides is 1. The van der Waals surface area contributed by atoms with E-state index < -0.39 is 0 Å². The van der Waals surface area contributed by atoms with Gasteiger partial charge in [-0.3, -0.25) is 4.79 Å². The molecular formula is C20H24N2O. The van der Waals surface area contributed by atoms with E-state index in [1.54, 1.807) is 0 Å². The maximum Gasteiger partial charge on any atom is 0.224 e. The minimum absolute atomic E-state index is 0.233. The first-order chi connectivity index (χ1) is 11.3. The summed E-state index contributed by atoms with van der Waals surface area (Å²) in [6.45, 7) is 2.37. The minimum atomic E-state index is 0.233. The van der Waals surface area contributed by atoms with Crippen molar-refractivity contribution in [1.82, 2.24) is 10.2 Å². The lowest BCUT2D eigenvalue weighted by Crippen LogP contribution is -2.35. The lowest BCUT2D eigenvalue weighted by molar-refractivity contribution is -0.132. The van der Waals surface area contributed by atoms with Crippen LogP contribution in [-0.2, 0) is 17.9 Å². The maximum absolute atomic E-state index is 12.8. The Balaban J connectivity index is 1.70. The molecule has 0 aliphatic carbocycles. The van der Waals surface area contributed by atoms with Gasteiger partial charge in [0.25, 0.3) is 0 Å². The number of benzene rings is 2. The SMILES string of the molecule is O=C(CC1CCCN1)N(Cc1ccccc1)Cc1ccccc1. The number of carbonyl (C=O) groups is 1. The van der Waals surface area contributed by atoms with Crippen molar-refractivity contribution in [1.29, 1.82) is 0 Å². The Morgan fingerprint density at radius 3 is 2.00 bits per heavy atom. The fraction of sp³-hybridized carbons (Fsp3) is 0.350. The molecule has 0 saturated carbocycles. The van der Waals surface area contributed by atoms with Crippen molar-refractivity contribution in [2.45, 2.75) is 38.4 Å². The molecule has 1 N–H and O–H groups in total. The number of hydrogen-bond acceptors (Lipinski definition) is 2. The van der Waals surface area contributed by atoms with Crippen LogP contribution < -0.4 is 5.32 Å². The number of carbonyl (C=O) groups excluding carboxylic acids is 1. The second kappa shape index (κ2) is 7.93. The van der Waals surface area contributed by atoms with E-state index in [0.29, 0.717) is 25.6 Å². The highest BCUT2D eigenvalue weighted by Crippen LogP contribution is 2.15. The molecule has 0 spiro atoms. The third kappa shape index (κ3) is 4.67. The molecule has 0 bridgehead atoms. The van der Waals surface area contributed by atoms with E-state index in [-0.39, 0.29) is 5.91 Å². The summed E-state index contributed by atoms with van der Waals surface area (Å²) in [7, 11) is 0. The van der Waals surface area contributed by atoms with Crippen molar-refractivity contribution in [2.24, 2.45) is 0 Å². The first-order valence-corrected chi connectivity index (χ1v) is 8.40. The summed E-state index contributed by atoms with van der Waals surface area (Å²) in [4.78, 5) is 14.8. The van der Waals surface area contributed by atoms with Crippen molar-refractivity contribution < 1.29 is 4.79 Å². The number of nitrogens with zero attached hydrogens (tertiary/aromatic N) is 1. The zero-order valence-corrected chi connectivity index (χ0v) is 13.4. The first-order valence-electron chi connectivity index (χ1n) is 8.40. The molecule has 1 heterocycles. The van der Waals surface area contributed by atoms with Crippen molar-refractivity contribution >= 4 is 5.91 Å². The van der Waals surface area contributed by atoms with Crippen LogP contribution in [0.25, 0.3) is 0 Å². The van der Waals surface area contributed by atoms with Crippen molar-refractivity contribution in [2.75, 3.05) is 6.54 Å². The fourth-order valence-corrected chi connectivity index (χ4v) is 3.11. The van der Waals surface area contributed by atoms with Gasteiger partial charge in [0.15, 0.2) is 0 Å². The lowest BCUT2D eigenvalue weighted by Gasteiger charge is -2.24. The molecular weight excluding hydrogens is 284 g/mol. The average molecular weight is 308 g/mol. The largest absolute Gasteiger partial charge is 0.334 e. The second-order valence-corrected chi connectivity index (χ2v) is 6.22. The summed E-state index contributed by atoms with van der Waals surface area (Å²) in [5.41, 5.74) is 2.35. The van der Waals surface area contributed by atoms with E-state index in [9.17, 15) is 4.79 Å². The predicted octanol–water partition coefficient (Wildman–Crippen LogP) is 3.36. The van der Waals surface area contributed by atoms with Gasteiger partial charge < -0.3 is 10.2 Å². The van der Waals surface area contributed by atoms with Crippen LogP contribution in [0, 0.1) is 0 Å². The molecule has 1 aliphatic heterocycles. The van der Waals surface area contributed by atoms with Crippen LogP contribution in [0.5, 0.6) is 0 Å². The van der Waals surface area contributed by atoms with E-state index in [2.05, 4.69) is 29.6 Å². The number of rotatable bonds is 6. The fourth-order valence-electron chi connectivity index (χ4n) is 3.11. The van der Waals surface area contributed by atoms with E-state index in [0.717, 1.165) is 13.0 Å². The molecule has 1 fully saturated rings.